The van der Waals surface area contributed by atoms with E-state index in [4.69, 9.17) is 21.1 Å². The first-order chi connectivity index (χ1) is 12.9. The molecule has 0 aliphatic rings. The van der Waals surface area contributed by atoms with E-state index in [0.29, 0.717) is 22.8 Å². The van der Waals surface area contributed by atoms with Gasteiger partial charge in [-0.25, -0.2) is 4.79 Å². The maximum Gasteiger partial charge on any atom is 0.335 e. The highest BCUT2D eigenvalue weighted by Crippen LogP contribution is 2.31. The molecule has 2 N–H and O–H groups in total. The number of carbonyl (C=O) groups is 1. The molecular weight excluding hydrogens is 374 g/mol. The average molecular weight is 386 g/mol. The minimum atomic E-state index is -1.00. The Morgan fingerprint density at radius 1 is 1.19 bits per heavy atom. The lowest BCUT2D eigenvalue weighted by atomic mass is 10.1. The van der Waals surface area contributed by atoms with E-state index in [0.717, 1.165) is 0 Å². The normalized spacial score (nSPS) is 10.9. The van der Waals surface area contributed by atoms with Crippen molar-refractivity contribution in [1.82, 2.24) is 0 Å². The number of furan rings is 1. The summed E-state index contributed by atoms with van der Waals surface area (Å²) in [5.41, 5.74) is 3.85. The molecule has 3 rings (SSSR count). The van der Waals surface area contributed by atoms with Gasteiger partial charge < -0.3 is 9.52 Å². The highest BCUT2D eigenvalue weighted by atomic mass is 35.5. The lowest BCUT2D eigenvalue weighted by Crippen LogP contribution is -1.96. The topological polar surface area (TPSA) is 118 Å². The van der Waals surface area contributed by atoms with Crippen LogP contribution in [0.15, 0.2) is 64.1 Å². The number of benzene rings is 2. The highest BCUT2D eigenvalue weighted by Gasteiger charge is 2.15. The maximum absolute atomic E-state index is 11.0. The molecule has 0 radical (unpaired) electrons. The van der Waals surface area contributed by atoms with Crippen molar-refractivity contribution in [3.63, 3.8) is 0 Å². The van der Waals surface area contributed by atoms with Gasteiger partial charge in [-0.15, -0.1) is 0 Å². The largest absolute Gasteiger partial charge is 0.478 e. The van der Waals surface area contributed by atoms with E-state index < -0.39 is 10.9 Å². The average Bonchev–Trinajstić information content (AvgIpc) is 3.11. The molecule has 0 fully saturated rings. The number of aromatic carboxylic acids is 1. The van der Waals surface area contributed by atoms with Crippen molar-refractivity contribution in [1.29, 1.82) is 0 Å². The molecule has 1 aromatic heterocycles. The lowest BCUT2D eigenvalue weighted by Gasteiger charge is -2.00. The molecule has 0 spiro atoms. The molecule has 0 saturated heterocycles. The van der Waals surface area contributed by atoms with E-state index in [-0.39, 0.29) is 16.3 Å². The number of hydrogen-bond donors (Lipinski definition) is 2. The second kappa shape index (κ2) is 7.71. The number of hydrogen-bond acceptors (Lipinski definition) is 6. The lowest BCUT2D eigenvalue weighted by molar-refractivity contribution is -0.384. The Labute approximate surface area is 157 Å². The Hall–Kier alpha value is -3.65. The van der Waals surface area contributed by atoms with Crippen LogP contribution in [0.25, 0.3) is 11.3 Å². The minimum absolute atomic E-state index is 0.0511. The molecule has 27 heavy (non-hydrogen) atoms. The Balaban J connectivity index is 1.70. The fourth-order valence-electron chi connectivity index (χ4n) is 2.24. The van der Waals surface area contributed by atoms with Crippen LogP contribution >= 0.6 is 11.6 Å². The highest BCUT2D eigenvalue weighted by molar-refractivity contribution is 6.32. The van der Waals surface area contributed by atoms with Crippen LogP contribution in [0.4, 0.5) is 11.4 Å². The van der Waals surface area contributed by atoms with Gasteiger partial charge in [0.05, 0.1) is 22.4 Å². The quantitative estimate of drug-likeness (QED) is 0.362. The minimum Gasteiger partial charge on any atom is -0.478 e. The number of halogens is 1. The van der Waals surface area contributed by atoms with Crippen LogP contribution in [-0.2, 0) is 0 Å². The number of hydrazone groups is 1. The first kappa shape index (κ1) is 18.2. The van der Waals surface area contributed by atoms with Gasteiger partial charge in [0.2, 0.25) is 0 Å². The van der Waals surface area contributed by atoms with Crippen LogP contribution in [0.3, 0.4) is 0 Å². The van der Waals surface area contributed by atoms with Crippen molar-refractivity contribution in [2.24, 2.45) is 5.10 Å². The van der Waals surface area contributed by atoms with Crippen molar-refractivity contribution in [3.8, 4) is 11.3 Å². The zero-order chi connectivity index (χ0) is 19.4. The first-order valence-electron chi connectivity index (χ1n) is 7.60. The van der Waals surface area contributed by atoms with Gasteiger partial charge in [-0.3, -0.25) is 15.5 Å². The fraction of sp³-hybridized carbons (Fsp3) is 0. The number of anilines is 1. The number of nitro benzene ring substituents is 1. The predicted molar refractivity (Wildman–Crippen MR) is 100 cm³/mol. The summed E-state index contributed by atoms with van der Waals surface area (Å²) in [5.74, 6) is -0.144. The van der Waals surface area contributed by atoms with Crippen molar-refractivity contribution in [2.75, 3.05) is 5.43 Å². The second-order valence-corrected chi connectivity index (χ2v) is 5.79. The van der Waals surface area contributed by atoms with Crippen LogP contribution in [0.5, 0.6) is 0 Å². The molecule has 8 nitrogen and oxygen atoms in total. The number of rotatable bonds is 6. The summed E-state index contributed by atoms with van der Waals surface area (Å²) < 4.78 is 5.60. The molecule has 3 aromatic rings. The van der Waals surface area contributed by atoms with E-state index >= 15 is 0 Å². The monoisotopic (exact) mass is 385 g/mol. The van der Waals surface area contributed by atoms with Gasteiger partial charge in [0.25, 0.3) is 5.69 Å². The summed E-state index contributed by atoms with van der Waals surface area (Å²) in [6.07, 6.45) is 1.43. The molecule has 0 saturated carbocycles. The Kier molecular flexibility index (Phi) is 5.18. The van der Waals surface area contributed by atoms with Crippen molar-refractivity contribution in [2.45, 2.75) is 0 Å². The Morgan fingerprint density at radius 3 is 2.59 bits per heavy atom. The van der Waals surface area contributed by atoms with Gasteiger partial charge in [-0.2, -0.15) is 5.10 Å². The smallest absolute Gasteiger partial charge is 0.335 e. The zero-order valence-corrected chi connectivity index (χ0v) is 14.4. The van der Waals surface area contributed by atoms with Gasteiger partial charge >= 0.3 is 5.97 Å². The maximum atomic E-state index is 11.0. The van der Waals surface area contributed by atoms with Gasteiger partial charge in [0.1, 0.15) is 16.5 Å². The predicted octanol–water partition coefficient (Wildman–Crippen LogP) is 4.65. The van der Waals surface area contributed by atoms with Crippen LogP contribution in [0.1, 0.15) is 16.1 Å². The summed E-state index contributed by atoms with van der Waals surface area (Å²) in [6, 6.07) is 13.8. The number of nitro groups is 1. The third kappa shape index (κ3) is 4.31. The van der Waals surface area contributed by atoms with Crippen molar-refractivity contribution >= 4 is 35.2 Å². The molecule has 2 aromatic carbocycles. The van der Waals surface area contributed by atoms with E-state index in [2.05, 4.69) is 10.5 Å². The van der Waals surface area contributed by atoms with Crippen LogP contribution in [-0.4, -0.2) is 22.2 Å². The molecule has 136 valence electrons. The van der Waals surface area contributed by atoms with Gasteiger partial charge in [-0.1, -0.05) is 11.6 Å². The molecule has 9 heteroatoms. The van der Waals surface area contributed by atoms with Crippen LogP contribution in [0.2, 0.25) is 5.02 Å². The molecule has 0 amide bonds. The Bertz CT molecular complexity index is 1030. The molecule has 0 unspecified atom stereocenters. The number of carboxylic acid groups (broad SMARTS) is 1. The fourth-order valence-corrected chi connectivity index (χ4v) is 2.43. The zero-order valence-electron chi connectivity index (χ0n) is 13.6. The number of carboxylic acids is 1. The molecule has 0 aliphatic carbocycles. The van der Waals surface area contributed by atoms with E-state index in [1.54, 1.807) is 30.3 Å². The van der Waals surface area contributed by atoms with E-state index in [1.807, 2.05) is 0 Å². The van der Waals surface area contributed by atoms with Gasteiger partial charge in [0.15, 0.2) is 0 Å². The summed E-state index contributed by atoms with van der Waals surface area (Å²) in [4.78, 5) is 21.2. The summed E-state index contributed by atoms with van der Waals surface area (Å²) >= 11 is 5.80. The molecule has 1 heterocycles. The van der Waals surface area contributed by atoms with Gasteiger partial charge in [-0.05, 0) is 48.5 Å². The van der Waals surface area contributed by atoms with Gasteiger partial charge in [0, 0.05) is 11.6 Å². The summed E-state index contributed by atoms with van der Waals surface area (Å²) in [7, 11) is 0. The first-order valence-corrected chi connectivity index (χ1v) is 7.98. The number of nitrogens with zero attached hydrogens (tertiary/aromatic N) is 2. The summed E-state index contributed by atoms with van der Waals surface area (Å²) in [5, 5.41) is 23.9. The third-order valence-corrected chi connectivity index (χ3v) is 3.89. The van der Waals surface area contributed by atoms with E-state index in [1.165, 1.54) is 30.5 Å². The van der Waals surface area contributed by atoms with Crippen molar-refractivity contribution < 1.29 is 19.2 Å². The SMILES string of the molecule is O=C(O)c1ccc(NN=Cc2ccc(-c3ccc(Cl)c([N+](=O)[O-])c3)o2)cc1. The van der Waals surface area contributed by atoms with E-state index in [9.17, 15) is 14.9 Å². The Morgan fingerprint density at radius 2 is 1.93 bits per heavy atom. The second-order valence-electron chi connectivity index (χ2n) is 5.38. The van der Waals surface area contributed by atoms with Crippen molar-refractivity contribution in [3.05, 3.63) is 81.1 Å². The third-order valence-electron chi connectivity index (χ3n) is 3.57. The molecule has 0 aliphatic heterocycles. The van der Waals surface area contributed by atoms with Crippen LogP contribution < -0.4 is 5.43 Å². The summed E-state index contributed by atoms with van der Waals surface area (Å²) in [6.45, 7) is 0. The number of nitrogens with one attached hydrogen (secondary N) is 1. The van der Waals surface area contributed by atoms with Crippen LogP contribution in [0, 0.1) is 10.1 Å². The standard InChI is InChI=1S/C18H12ClN3O5/c19-15-7-3-12(9-16(15)22(25)26)17-8-6-14(27-17)10-20-21-13-4-1-11(2-5-13)18(23)24/h1-10,21H,(H,23,24). The molecular formula is C18H12ClN3O5. The molecule has 0 atom stereocenters. The molecule has 0 bridgehead atoms.